The first kappa shape index (κ1) is 21.8. The minimum atomic E-state index is -0.272. The number of nitrogens with one attached hydrogen (secondary N) is 2. The number of hydrogen-bond donors (Lipinski definition) is 2. The molecule has 2 aromatic heterocycles. The minimum absolute atomic E-state index is 0.256. The standard InChI is InChI=1S/C26H23N5O2S/c1-14-5-6-16(3)21(11-14)28-25-30-31-24(33)20-10-8-18(13-22(20)29-26(31)34-25)23(32)27-19-9-7-15(2)17(4)12-19/h5-13H,1-4H3,(H,27,32)(H,28,30). The smallest absolute Gasteiger partial charge is 0.283 e. The molecule has 0 bridgehead atoms. The van der Waals surface area contributed by atoms with Crippen LogP contribution in [0.1, 0.15) is 32.6 Å². The number of carbonyl (C=O) groups is 1. The van der Waals surface area contributed by atoms with Gasteiger partial charge in [-0.3, -0.25) is 9.59 Å². The van der Waals surface area contributed by atoms with Crippen molar-refractivity contribution in [2.24, 2.45) is 0 Å². The highest BCUT2D eigenvalue weighted by molar-refractivity contribution is 7.20. The molecule has 0 atom stereocenters. The Bertz CT molecular complexity index is 1650. The van der Waals surface area contributed by atoms with Crippen LogP contribution in [0.15, 0.2) is 59.4 Å². The van der Waals surface area contributed by atoms with Crippen molar-refractivity contribution >= 4 is 49.6 Å². The molecule has 5 aromatic rings. The number of aromatic nitrogens is 3. The van der Waals surface area contributed by atoms with Gasteiger partial charge in [-0.05, 0) is 86.3 Å². The normalized spacial score (nSPS) is 11.2. The molecule has 0 fully saturated rings. The lowest BCUT2D eigenvalue weighted by Crippen LogP contribution is -2.17. The molecule has 0 aliphatic rings. The van der Waals surface area contributed by atoms with E-state index < -0.39 is 0 Å². The van der Waals surface area contributed by atoms with Crippen LogP contribution in [-0.2, 0) is 0 Å². The number of benzene rings is 3. The third kappa shape index (κ3) is 4.04. The second-order valence-corrected chi connectivity index (χ2v) is 9.40. The number of rotatable bonds is 4. The van der Waals surface area contributed by atoms with E-state index in [0.29, 0.717) is 26.6 Å². The Morgan fingerprint density at radius 2 is 1.71 bits per heavy atom. The van der Waals surface area contributed by atoms with Gasteiger partial charge in [-0.15, -0.1) is 5.10 Å². The predicted molar refractivity (Wildman–Crippen MR) is 138 cm³/mol. The molecular formula is C26H23N5O2S. The summed E-state index contributed by atoms with van der Waals surface area (Å²) in [7, 11) is 0. The number of amides is 1. The van der Waals surface area contributed by atoms with Crippen molar-refractivity contribution in [2.45, 2.75) is 27.7 Å². The average Bonchev–Trinajstić information content (AvgIpc) is 3.21. The largest absolute Gasteiger partial charge is 0.330 e. The second kappa shape index (κ2) is 8.39. The summed E-state index contributed by atoms with van der Waals surface area (Å²) in [6, 6.07) is 16.8. The molecule has 0 unspecified atom stereocenters. The van der Waals surface area contributed by atoms with E-state index in [0.717, 1.165) is 33.6 Å². The van der Waals surface area contributed by atoms with E-state index in [9.17, 15) is 9.59 Å². The van der Waals surface area contributed by atoms with Gasteiger partial charge in [0.2, 0.25) is 10.1 Å². The minimum Gasteiger partial charge on any atom is -0.330 e. The van der Waals surface area contributed by atoms with Crippen LogP contribution in [-0.4, -0.2) is 20.5 Å². The Balaban J connectivity index is 1.49. The van der Waals surface area contributed by atoms with Crippen LogP contribution in [0.25, 0.3) is 15.9 Å². The summed E-state index contributed by atoms with van der Waals surface area (Å²) in [5.41, 5.74) is 6.74. The van der Waals surface area contributed by atoms with E-state index in [1.54, 1.807) is 18.2 Å². The molecule has 0 spiro atoms. The van der Waals surface area contributed by atoms with Crippen LogP contribution in [0.2, 0.25) is 0 Å². The number of nitrogens with zero attached hydrogens (tertiary/aromatic N) is 3. The molecule has 1 amide bonds. The zero-order valence-corrected chi connectivity index (χ0v) is 20.1. The molecule has 34 heavy (non-hydrogen) atoms. The third-order valence-electron chi connectivity index (χ3n) is 5.86. The number of carbonyl (C=O) groups excluding carboxylic acids is 1. The van der Waals surface area contributed by atoms with Crippen molar-refractivity contribution < 1.29 is 4.79 Å². The molecule has 3 aromatic carbocycles. The molecule has 0 aliphatic carbocycles. The molecule has 0 radical (unpaired) electrons. The summed E-state index contributed by atoms with van der Waals surface area (Å²) in [6.07, 6.45) is 0. The molecule has 0 saturated heterocycles. The van der Waals surface area contributed by atoms with Crippen LogP contribution in [0.4, 0.5) is 16.5 Å². The Kier molecular flexibility index (Phi) is 5.37. The highest BCUT2D eigenvalue weighted by Crippen LogP contribution is 2.26. The molecule has 0 aliphatic heterocycles. The van der Waals surface area contributed by atoms with Crippen LogP contribution in [0, 0.1) is 27.7 Å². The summed E-state index contributed by atoms with van der Waals surface area (Å²) in [5.74, 6) is -0.256. The fraction of sp³-hybridized carbons (Fsp3) is 0.154. The van der Waals surface area contributed by atoms with E-state index in [4.69, 9.17) is 0 Å². The molecule has 2 heterocycles. The monoisotopic (exact) mass is 469 g/mol. The lowest BCUT2D eigenvalue weighted by molar-refractivity contribution is 0.102. The van der Waals surface area contributed by atoms with Crippen molar-refractivity contribution in [1.29, 1.82) is 0 Å². The highest BCUT2D eigenvalue weighted by atomic mass is 32.1. The van der Waals surface area contributed by atoms with Gasteiger partial charge in [0.1, 0.15) is 0 Å². The number of anilines is 3. The Morgan fingerprint density at radius 1 is 0.912 bits per heavy atom. The first-order chi connectivity index (χ1) is 16.3. The van der Waals surface area contributed by atoms with Crippen LogP contribution < -0.4 is 16.2 Å². The summed E-state index contributed by atoms with van der Waals surface area (Å²) in [4.78, 5) is 31.0. The Morgan fingerprint density at radius 3 is 2.50 bits per heavy atom. The maximum Gasteiger partial charge on any atom is 0.283 e. The van der Waals surface area contributed by atoms with Gasteiger partial charge in [-0.1, -0.05) is 29.5 Å². The second-order valence-electron chi connectivity index (χ2n) is 8.45. The zero-order valence-electron chi connectivity index (χ0n) is 19.3. The van der Waals surface area contributed by atoms with E-state index in [1.807, 2.05) is 64.1 Å². The predicted octanol–water partition coefficient (Wildman–Crippen LogP) is 5.53. The number of hydrogen-bond acceptors (Lipinski definition) is 6. The summed E-state index contributed by atoms with van der Waals surface area (Å²) >= 11 is 1.28. The van der Waals surface area contributed by atoms with Crippen molar-refractivity contribution in [3.8, 4) is 0 Å². The highest BCUT2D eigenvalue weighted by Gasteiger charge is 2.14. The van der Waals surface area contributed by atoms with Crippen LogP contribution in [0.5, 0.6) is 0 Å². The fourth-order valence-electron chi connectivity index (χ4n) is 3.71. The molecule has 2 N–H and O–H groups in total. The quantitative estimate of drug-likeness (QED) is 0.361. The Labute approximate surface area is 200 Å². The Hall–Kier alpha value is -4.04. The van der Waals surface area contributed by atoms with Crippen LogP contribution in [0.3, 0.4) is 0 Å². The topological polar surface area (TPSA) is 88.4 Å². The third-order valence-corrected chi connectivity index (χ3v) is 6.68. The lowest BCUT2D eigenvalue weighted by atomic mass is 10.1. The van der Waals surface area contributed by atoms with E-state index in [1.165, 1.54) is 15.9 Å². The van der Waals surface area contributed by atoms with Gasteiger partial charge in [0, 0.05) is 16.9 Å². The van der Waals surface area contributed by atoms with E-state index in [-0.39, 0.29) is 11.5 Å². The summed E-state index contributed by atoms with van der Waals surface area (Å²) in [6.45, 7) is 8.06. The van der Waals surface area contributed by atoms with Gasteiger partial charge in [-0.2, -0.15) is 4.52 Å². The lowest BCUT2D eigenvalue weighted by Gasteiger charge is -2.08. The molecule has 7 nitrogen and oxygen atoms in total. The van der Waals surface area contributed by atoms with Gasteiger partial charge in [0.15, 0.2) is 0 Å². The molecule has 8 heteroatoms. The van der Waals surface area contributed by atoms with Crippen molar-refractivity contribution in [3.05, 3.63) is 92.8 Å². The molecule has 0 saturated carbocycles. The average molecular weight is 470 g/mol. The first-order valence-corrected chi connectivity index (χ1v) is 11.7. The molecule has 170 valence electrons. The van der Waals surface area contributed by atoms with Gasteiger partial charge in [0.05, 0.1) is 10.9 Å². The van der Waals surface area contributed by atoms with Crippen molar-refractivity contribution in [1.82, 2.24) is 14.6 Å². The van der Waals surface area contributed by atoms with Gasteiger partial charge >= 0.3 is 0 Å². The molecule has 5 rings (SSSR count). The molecular weight excluding hydrogens is 446 g/mol. The summed E-state index contributed by atoms with van der Waals surface area (Å²) in [5, 5.41) is 11.6. The van der Waals surface area contributed by atoms with Gasteiger partial charge in [-0.25, -0.2) is 4.98 Å². The number of aryl methyl sites for hydroxylation is 4. The SMILES string of the molecule is Cc1ccc(C)c(Nc2nn3c(=O)c4ccc(C(=O)Nc5ccc(C)c(C)c5)cc4nc3s2)c1. The fourth-order valence-corrected chi connectivity index (χ4v) is 4.52. The number of fused-ring (bicyclic) bond motifs is 2. The zero-order chi connectivity index (χ0) is 24.0. The van der Waals surface area contributed by atoms with Crippen LogP contribution >= 0.6 is 11.3 Å². The maximum absolute atomic E-state index is 13.1. The maximum atomic E-state index is 13.1. The van der Waals surface area contributed by atoms with Crippen molar-refractivity contribution in [2.75, 3.05) is 10.6 Å². The van der Waals surface area contributed by atoms with E-state index >= 15 is 0 Å². The summed E-state index contributed by atoms with van der Waals surface area (Å²) < 4.78 is 1.30. The first-order valence-electron chi connectivity index (χ1n) is 10.8. The van der Waals surface area contributed by atoms with Crippen molar-refractivity contribution in [3.63, 3.8) is 0 Å². The van der Waals surface area contributed by atoms with Gasteiger partial charge in [0.25, 0.3) is 11.5 Å². The van der Waals surface area contributed by atoms with E-state index in [2.05, 4.69) is 20.7 Å². The van der Waals surface area contributed by atoms with Gasteiger partial charge < -0.3 is 10.6 Å².